The summed E-state index contributed by atoms with van der Waals surface area (Å²) in [5.74, 6) is -0.681. The number of hydrogen-bond acceptors (Lipinski definition) is 6. The van der Waals surface area contributed by atoms with Gasteiger partial charge in [0.05, 0.1) is 30.4 Å². The number of hydrogen-bond donors (Lipinski definition) is 4. The molecular weight excluding hydrogens is 617 g/mol. The Morgan fingerprint density at radius 2 is 1.65 bits per heavy atom. The lowest BCUT2D eigenvalue weighted by atomic mass is 10.0. The number of carbonyl (C=O) groups is 3. The fourth-order valence-corrected chi connectivity index (χ4v) is 5.38. The summed E-state index contributed by atoms with van der Waals surface area (Å²) < 4.78 is 25.9. The number of fused-ring (bicyclic) bond motifs is 1. The molecule has 48 heavy (non-hydrogen) atoms. The summed E-state index contributed by atoms with van der Waals surface area (Å²) in [4.78, 5) is 43.2. The molecule has 12 heteroatoms. The van der Waals surface area contributed by atoms with Crippen molar-refractivity contribution < 1.29 is 33.4 Å². The molecular formula is C36H46FN5O6. The van der Waals surface area contributed by atoms with Gasteiger partial charge in [-0.15, -0.1) is 0 Å². The van der Waals surface area contributed by atoms with Crippen LogP contribution in [0, 0.1) is 11.7 Å². The minimum Gasteiger partial charge on any atom is -0.490 e. The van der Waals surface area contributed by atoms with Gasteiger partial charge >= 0.3 is 12.1 Å². The normalized spacial score (nSPS) is 19.6. The number of nitrogens with zero attached hydrogens (tertiary/aromatic N) is 2. The highest BCUT2D eigenvalue weighted by atomic mass is 19.1. The fraction of sp³-hybridized carbons (Fsp3) is 0.417. The van der Waals surface area contributed by atoms with Crippen LogP contribution in [0.5, 0.6) is 5.75 Å². The van der Waals surface area contributed by atoms with Gasteiger partial charge < -0.3 is 40.3 Å². The highest BCUT2D eigenvalue weighted by Gasteiger charge is 2.31. The maximum Gasteiger partial charge on any atom is 0.323 e. The molecule has 5 amide bonds. The number of amides is 5. The van der Waals surface area contributed by atoms with Crippen molar-refractivity contribution in [3.05, 3.63) is 84.2 Å². The van der Waals surface area contributed by atoms with E-state index in [4.69, 9.17) is 9.47 Å². The summed E-state index contributed by atoms with van der Waals surface area (Å²) in [7, 11) is 1.70. The molecule has 258 valence electrons. The van der Waals surface area contributed by atoms with Crippen molar-refractivity contribution in [2.75, 3.05) is 49.3 Å². The zero-order valence-electron chi connectivity index (χ0n) is 27.9. The largest absolute Gasteiger partial charge is 0.490 e. The Balaban J connectivity index is 1.57. The van der Waals surface area contributed by atoms with Crippen molar-refractivity contribution in [1.82, 2.24) is 9.80 Å². The summed E-state index contributed by atoms with van der Waals surface area (Å²) >= 11 is 0. The molecule has 0 aliphatic carbocycles. The Labute approximate surface area is 281 Å². The topological polar surface area (TPSA) is 132 Å². The van der Waals surface area contributed by atoms with E-state index < -0.39 is 24.0 Å². The maximum absolute atomic E-state index is 14.3. The van der Waals surface area contributed by atoms with E-state index in [1.54, 1.807) is 42.0 Å². The van der Waals surface area contributed by atoms with Crippen molar-refractivity contribution in [2.24, 2.45) is 5.92 Å². The Morgan fingerprint density at radius 1 is 0.979 bits per heavy atom. The van der Waals surface area contributed by atoms with E-state index in [1.165, 1.54) is 24.3 Å². The summed E-state index contributed by atoms with van der Waals surface area (Å²) in [6.07, 6.45) is 1.70. The molecule has 0 aromatic heterocycles. The SMILES string of the molecule is C[C@H](CO)N1C[C@H](C)[C@@H](CN(C)C(=O)Nc2ccccc2)OCCCC[C@H](C)Oc2ccc(NC(=O)Nc3ccc(F)cc3)cc2C1=O. The number of aliphatic hydroxyl groups is 1. The molecule has 3 aromatic carbocycles. The van der Waals surface area contributed by atoms with Crippen molar-refractivity contribution in [1.29, 1.82) is 0 Å². The Kier molecular flexibility index (Phi) is 13.2. The van der Waals surface area contributed by atoms with Crippen LogP contribution in [0.15, 0.2) is 72.8 Å². The quantitative estimate of drug-likeness (QED) is 0.230. The molecule has 0 bridgehead atoms. The fourth-order valence-electron chi connectivity index (χ4n) is 5.38. The first kappa shape index (κ1) is 36.2. The number of nitrogens with one attached hydrogen (secondary N) is 3. The molecule has 1 aliphatic rings. The standard InChI is InChI=1S/C36H46FN5O6/c1-24-21-42(25(2)23-43)34(44)31-20-30(39-35(45)38-29-15-13-27(37)14-16-29)17-18-32(31)48-26(3)10-8-9-19-47-33(24)22-41(4)36(46)40-28-11-6-5-7-12-28/h5-7,11-18,20,24-26,33,43H,8-10,19,21-23H2,1-4H3,(H,40,46)(H2,38,39,45)/t24-,25+,26-,33+/m0/s1. The third-order valence-electron chi connectivity index (χ3n) is 8.24. The number of halogens is 1. The second kappa shape index (κ2) is 17.5. The average molecular weight is 664 g/mol. The number of carbonyl (C=O) groups excluding carboxylic acids is 3. The number of anilines is 3. The molecule has 0 radical (unpaired) electrons. The summed E-state index contributed by atoms with van der Waals surface area (Å²) in [6.45, 7) is 6.34. The molecule has 0 saturated carbocycles. The van der Waals surface area contributed by atoms with Crippen molar-refractivity contribution >= 4 is 35.0 Å². The first-order valence-electron chi connectivity index (χ1n) is 16.3. The first-order chi connectivity index (χ1) is 23.0. The molecule has 4 atom stereocenters. The van der Waals surface area contributed by atoms with E-state index in [0.717, 1.165) is 12.8 Å². The minimum absolute atomic E-state index is 0.216. The van der Waals surface area contributed by atoms with Crippen LogP contribution in [0.2, 0.25) is 0 Å². The van der Waals surface area contributed by atoms with Crippen molar-refractivity contribution in [3.63, 3.8) is 0 Å². The lowest BCUT2D eigenvalue weighted by molar-refractivity contribution is -0.0115. The zero-order chi connectivity index (χ0) is 34.6. The van der Waals surface area contributed by atoms with Gasteiger partial charge in [0, 0.05) is 49.7 Å². The van der Waals surface area contributed by atoms with Gasteiger partial charge in [0.15, 0.2) is 0 Å². The van der Waals surface area contributed by atoms with Gasteiger partial charge in [0.25, 0.3) is 5.91 Å². The van der Waals surface area contributed by atoms with E-state index in [-0.39, 0.29) is 49.2 Å². The van der Waals surface area contributed by atoms with Crippen LogP contribution in [0.4, 0.5) is 31.0 Å². The van der Waals surface area contributed by atoms with Crippen LogP contribution < -0.4 is 20.7 Å². The predicted molar refractivity (Wildman–Crippen MR) is 184 cm³/mol. The van der Waals surface area contributed by atoms with E-state index in [0.29, 0.717) is 35.8 Å². The van der Waals surface area contributed by atoms with Gasteiger partial charge in [0.2, 0.25) is 0 Å². The van der Waals surface area contributed by atoms with Crippen LogP contribution in [-0.2, 0) is 4.74 Å². The molecule has 0 saturated heterocycles. The third kappa shape index (κ3) is 10.4. The maximum atomic E-state index is 14.3. The molecule has 4 N–H and O–H groups in total. The van der Waals surface area contributed by atoms with Crippen molar-refractivity contribution in [2.45, 2.75) is 58.3 Å². The molecule has 0 spiro atoms. The van der Waals surface area contributed by atoms with Gasteiger partial charge in [-0.1, -0.05) is 25.1 Å². The monoisotopic (exact) mass is 663 g/mol. The molecule has 4 rings (SSSR count). The van der Waals surface area contributed by atoms with Gasteiger partial charge in [0.1, 0.15) is 11.6 Å². The molecule has 0 unspecified atom stereocenters. The zero-order valence-corrected chi connectivity index (χ0v) is 27.9. The third-order valence-corrected chi connectivity index (χ3v) is 8.24. The molecule has 0 fully saturated rings. The van der Waals surface area contributed by atoms with Gasteiger partial charge in [-0.25, -0.2) is 14.0 Å². The number of likely N-dealkylation sites (N-methyl/N-ethyl adjacent to an activating group) is 1. The Morgan fingerprint density at radius 3 is 2.35 bits per heavy atom. The van der Waals surface area contributed by atoms with E-state index >= 15 is 0 Å². The van der Waals surface area contributed by atoms with Crippen LogP contribution in [-0.4, -0.2) is 84.5 Å². The summed E-state index contributed by atoms with van der Waals surface area (Å²) in [5.41, 5.74) is 1.65. The molecule has 11 nitrogen and oxygen atoms in total. The van der Waals surface area contributed by atoms with Crippen LogP contribution in [0.1, 0.15) is 50.4 Å². The highest BCUT2D eigenvalue weighted by molar-refractivity contribution is 6.02. The van der Waals surface area contributed by atoms with Gasteiger partial charge in [-0.3, -0.25) is 4.79 Å². The number of ether oxygens (including phenoxy) is 2. The van der Waals surface area contributed by atoms with Crippen LogP contribution in [0.3, 0.4) is 0 Å². The lowest BCUT2D eigenvalue weighted by Gasteiger charge is -2.35. The second-order valence-electron chi connectivity index (χ2n) is 12.3. The van der Waals surface area contributed by atoms with Gasteiger partial charge in [-0.05, 0) is 87.7 Å². The summed E-state index contributed by atoms with van der Waals surface area (Å²) in [5, 5.41) is 18.5. The van der Waals surface area contributed by atoms with E-state index in [2.05, 4.69) is 16.0 Å². The first-order valence-corrected chi connectivity index (χ1v) is 16.3. The number of benzene rings is 3. The molecule has 3 aromatic rings. The smallest absolute Gasteiger partial charge is 0.323 e. The average Bonchev–Trinajstić information content (AvgIpc) is 3.07. The minimum atomic E-state index is -0.571. The number of urea groups is 2. The number of para-hydroxylation sites is 1. The highest BCUT2D eigenvalue weighted by Crippen LogP contribution is 2.29. The van der Waals surface area contributed by atoms with E-state index in [1.807, 2.05) is 44.2 Å². The second-order valence-corrected chi connectivity index (χ2v) is 12.3. The van der Waals surface area contributed by atoms with Crippen molar-refractivity contribution in [3.8, 4) is 5.75 Å². The Hall–Kier alpha value is -4.68. The predicted octanol–water partition coefficient (Wildman–Crippen LogP) is 6.43. The number of aliphatic hydroxyl groups excluding tert-OH is 1. The van der Waals surface area contributed by atoms with E-state index in [9.17, 15) is 23.9 Å². The number of rotatable bonds is 7. The van der Waals surface area contributed by atoms with Crippen LogP contribution >= 0.6 is 0 Å². The lowest BCUT2D eigenvalue weighted by Crippen LogP contribution is -2.48. The molecule has 1 heterocycles. The Bertz CT molecular complexity index is 1510. The van der Waals surface area contributed by atoms with Crippen LogP contribution in [0.25, 0.3) is 0 Å². The molecule has 1 aliphatic heterocycles. The summed E-state index contributed by atoms with van der Waals surface area (Å²) in [6, 6.07) is 18.0. The van der Waals surface area contributed by atoms with Gasteiger partial charge in [-0.2, -0.15) is 0 Å².